The molecular formula is C24H23N9O. The fourth-order valence-corrected chi connectivity index (χ4v) is 4.83. The minimum Gasteiger partial charge on any atom is -0.348 e. The number of amides is 1. The minimum absolute atomic E-state index is 0.250. The van der Waals surface area contributed by atoms with E-state index in [1.165, 1.54) is 0 Å². The number of hydrogen-bond acceptors (Lipinski definition) is 7. The maximum absolute atomic E-state index is 13.1. The van der Waals surface area contributed by atoms with Gasteiger partial charge in [-0.1, -0.05) is 12.1 Å². The van der Waals surface area contributed by atoms with Crippen molar-refractivity contribution in [2.24, 2.45) is 7.05 Å². The third-order valence-electron chi connectivity index (χ3n) is 6.62. The van der Waals surface area contributed by atoms with Crippen molar-refractivity contribution in [3.8, 4) is 17.5 Å². The average molecular weight is 454 g/mol. The first-order chi connectivity index (χ1) is 16.6. The van der Waals surface area contributed by atoms with E-state index in [0.717, 1.165) is 42.3 Å². The topological polar surface area (TPSA) is 116 Å². The largest absolute Gasteiger partial charge is 0.348 e. The lowest BCUT2D eigenvalue weighted by atomic mass is 9.89. The summed E-state index contributed by atoms with van der Waals surface area (Å²) >= 11 is 0. The van der Waals surface area contributed by atoms with Crippen LogP contribution in [0.5, 0.6) is 0 Å². The van der Waals surface area contributed by atoms with Crippen LogP contribution in [0.1, 0.15) is 28.0 Å². The number of anilines is 1. The standard InChI is InChI=1S/C24H23N9O/c1-31-21(6-7-28-31)19-9-22-29-20(24(34)27-12-16-4-2-15(11-25)3-5-16)10-23(33(22)30-19)32-17-8-18(32)14-26-13-17/h2-7,9-10,17-18,26H,8,12-14H2,1H3,(H,27,34). The van der Waals surface area contributed by atoms with E-state index in [4.69, 9.17) is 10.4 Å². The highest BCUT2D eigenvalue weighted by Gasteiger charge is 2.43. The molecule has 2 atom stereocenters. The van der Waals surface area contributed by atoms with E-state index >= 15 is 0 Å². The van der Waals surface area contributed by atoms with Crippen molar-refractivity contribution >= 4 is 17.4 Å². The third-order valence-corrected chi connectivity index (χ3v) is 6.62. The molecular weight excluding hydrogens is 430 g/mol. The van der Waals surface area contributed by atoms with Gasteiger partial charge in [0.25, 0.3) is 5.91 Å². The molecule has 2 unspecified atom stereocenters. The lowest BCUT2D eigenvalue weighted by molar-refractivity contribution is 0.0946. The Morgan fingerprint density at radius 3 is 2.68 bits per heavy atom. The lowest BCUT2D eigenvalue weighted by Gasteiger charge is -2.54. The van der Waals surface area contributed by atoms with Gasteiger partial charge in [0.05, 0.1) is 17.3 Å². The summed E-state index contributed by atoms with van der Waals surface area (Å²) in [6.45, 7) is 2.18. The fraction of sp³-hybridized carbons (Fsp3) is 0.292. The lowest BCUT2D eigenvalue weighted by Crippen LogP contribution is -2.68. The Balaban J connectivity index is 1.35. The van der Waals surface area contributed by atoms with Crippen LogP contribution in [0.25, 0.3) is 17.0 Å². The Morgan fingerprint density at radius 1 is 1.21 bits per heavy atom. The normalized spacial score (nSPS) is 19.0. The van der Waals surface area contributed by atoms with Crippen LogP contribution in [0.2, 0.25) is 0 Å². The molecule has 5 heterocycles. The minimum atomic E-state index is -0.250. The van der Waals surface area contributed by atoms with Crippen LogP contribution in [0.4, 0.5) is 5.82 Å². The number of piperidine rings is 1. The number of hydrogen-bond donors (Lipinski definition) is 2. The van der Waals surface area contributed by atoms with Gasteiger partial charge in [0.15, 0.2) is 5.65 Å². The summed E-state index contributed by atoms with van der Waals surface area (Å²) in [6, 6.07) is 15.7. The zero-order valence-corrected chi connectivity index (χ0v) is 18.6. The first-order valence-corrected chi connectivity index (χ1v) is 11.3. The van der Waals surface area contributed by atoms with Gasteiger partial charge in [0.2, 0.25) is 0 Å². The zero-order valence-electron chi connectivity index (χ0n) is 18.6. The summed E-state index contributed by atoms with van der Waals surface area (Å²) in [5.74, 6) is 0.630. The van der Waals surface area contributed by atoms with Gasteiger partial charge in [0.1, 0.15) is 17.2 Å². The fourth-order valence-electron chi connectivity index (χ4n) is 4.83. The molecule has 1 aromatic carbocycles. The Morgan fingerprint density at radius 2 is 2.00 bits per heavy atom. The summed E-state index contributed by atoms with van der Waals surface area (Å²) in [6.07, 6.45) is 2.87. The maximum atomic E-state index is 13.1. The van der Waals surface area contributed by atoms with Crippen LogP contribution in [-0.4, -0.2) is 55.5 Å². The zero-order chi connectivity index (χ0) is 23.2. The number of carbonyl (C=O) groups excluding carboxylic acids is 1. The van der Waals surface area contributed by atoms with Crippen LogP contribution in [0, 0.1) is 11.3 Å². The first-order valence-electron chi connectivity index (χ1n) is 11.3. The molecule has 10 nitrogen and oxygen atoms in total. The summed E-state index contributed by atoms with van der Waals surface area (Å²) < 4.78 is 3.61. The van der Waals surface area contributed by atoms with Gasteiger partial charge in [-0.25, -0.2) is 4.98 Å². The van der Waals surface area contributed by atoms with Crippen molar-refractivity contribution in [2.45, 2.75) is 25.0 Å². The number of carbonyl (C=O) groups is 1. The molecule has 2 N–H and O–H groups in total. The number of aromatic nitrogens is 5. The predicted octanol–water partition coefficient (Wildman–Crippen LogP) is 1.48. The van der Waals surface area contributed by atoms with Gasteiger partial charge >= 0.3 is 0 Å². The van der Waals surface area contributed by atoms with Crippen molar-refractivity contribution in [2.75, 3.05) is 18.0 Å². The third kappa shape index (κ3) is 3.38. The molecule has 2 fully saturated rings. The van der Waals surface area contributed by atoms with Crippen LogP contribution in [0.3, 0.4) is 0 Å². The summed E-state index contributed by atoms with van der Waals surface area (Å²) in [5.41, 5.74) is 4.12. The van der Waals surface area contributed by atoms with E-state index < -0.39 is 0 Å². The quantitative estimate of drug-likeness (QED) is 0.470. The molecule has 2 aliphatic rings. The molecule has 3 aromatic heterocycles. The van der Waals surface area contributed by atoms with Gasteiger partial charge in [-0.3, -0.25) is 9.48 Å². The summed E-state index contributed by atoms with van der Waals surface area (Å²) in [5, 5.41) is 24.5. The maximum Gasteiger partial charge on any atom is 0.270 e. The molecule has 0 radical (unpaired) electrons. The molecule has 0 aliphatic carbocycles. The molecule has 34 heavy (non-hydrogen) atoms. The molecule has 2 bridgehead atoms. The van der Waals surface area contributed by atoms with E-state index in [1.54, 1.807) is 23.0 Å². The van der Waals surface area contributed by atoms with Crippen molar-refractivity contribution < 1.29 is 4.79 Å². The Bertz CT molecular complexity index is 1420. The van der Waals surface area contributed by atoms with Crippen molar-refractivity contribution in [1.29, 1.82) is 5.26 Å². The second-order valence-electron chi connectivity index (χ2n) is 8.74. The highest BCUT2D eigenvalue weighted by Crippen LogP contribution is 2.35. The molecule has 2 aliphatic heterocycles. The average Bonchev–Trinajstić information content (AvgIpc) is 3.49. The molecule has 0 spiro atoms. The van der Waals surface area contributed by atoms with Crippen molar-refractivity contribution in [3.05, 3.63) is 65.5 Å². The number of benzene rings is 1. The van der Waals surface area contributed by atoms with Crippen LogP contribution < -0.4 is 15.5 Å². The number of fused-ring (bicyclic) bond motifs is 3. The second-order valence-corrected chi connectivity index (χ2v) is 8.74. The molecule has 10 heteroatoms. The van der Waals surface area contributed by atoms with E-state index in [9.17, 15) is 4.79 Å². The number of nitrogens with one attached hydrogen (secondary N) is 2. The second kappa shape index (κ2) is 7.97. The summed E-state index contributed by atoms with van der Waals surface area (Å²) in [7, 11) is 1.88. The van der Waals surface area contributed by atoms with E-state index in [1.807, 2.05) is 41.9 Å². The number of nitrogens with zero attached hydrogens (tertiary/aromatic N) is 7. The van der Waals surface area contributed by atoms with Gasteiger partial charge in [-0.05, 0) is 30.2 Å². The molecule has 2 saturated heterocycles. The van der Waals surface area contributed by atoms with Crippen molar-refractivity contribution in [1.82, 2.24) is 35.0 Å². The number of piperazine rings is 1. The predicted molar refractivity (Wildman–Crippen MR) is 125 cm³/mol. The SMILES string of the molecule is Cn1nccc1-c1cc2nc(C(=O)NCc3ccc(C#N)cc3)cc(N3C4CNCC3C4)n2n1. The molecule has 6 rings (SSSR count). The van der Waals surface area contributed by atoms with Crippen LogP contribution in [0.15, 0.2) is 48.7 Å². The highest BCUT2D eigenvalue weighted by molar-refractivity contribution is 5.93. The summed E-state index contributed by atoms with van der Waals surface area (Å²) in [4.78, 5) is 20.1. The van der Waals surface area contributed by atoms with E-state index in [2.05, 4.69) is 31.7 Å². The van der Waals surface area contributed by atoms with Crippen molar-refractivity contribution in [3.63, 3.8) is 0 Å². The number of nitriles is 1. The molecule has 1 amide bonds. The smallest absolute Gasteiger partial charge is 0.270 e. The van der Waals surface area contributed by atoms with E-state index in [-0.39, 0.29) is 5.91 Å². The number of aryl methyl sites for hydroxylation is 1. The number of rotatable bonds is 5. The Hall–Kier alpha value is -4.23. The Kier molecular flexibility index (Phi) is 4.78. The molecule has 4 aromatic rings. The van der Waals surface area contributed by atoms with E-state index in [0.29, 0.717) is 35.5 Å². The van der Waals surface area contributed by atoms with Gasteiger partial charge in [-0.15, -0.1) is 0 Å². The molecule has 0 saturated carbocycles. The monoisotopic (exact) mass is 453 g/mol. The Labute approximate surface area is 195 Å². The first kappa shape index (κ1) is 20.4. The van der Waals surface area contributed by atoms with Gasteiger partial charge < -0.3 is 15.5 Å². The molecule has 170 valence electrons. The van der Waals surface area contributed by atoms with Crippen LogP contribution >= 0.6 is 0 Å². The highest BCUT2D eigenvalue weighted by atomic mass is 16.1. The van der Waals surface area contributed by atoms with Crippen LogP contribution in [-0.2, 0) is 13.6 Å². The van der Waals surface area contributed by atoms with Gasteiger partial charge in [0, 0.05) is 57.1 Å². The van der Waals surface area contributed by atoms with Gasteiger partial charge in [-0.2, -0.15) is 20.0 Å².